The van der Waals surface area contributed by atoms with E-state index in [4.69, 9.17) is 40.2 Å². The molecule has 0 saturated heterocycles. The topological polar surface area (TPSA) is 53.2 Å². The van der Waals surface area contributed by atoms with Crippen LogP contribution in [0.1, 0.15) is 9.67 Å². The van der Waals surface area contributed by atoms with Crippen LogP contribution in [0.15, 0.2) is 59.4 Å². The molecule has 0 spiro atoms. The van der Waals surface area contributed by atoms with E-state index in [2.05, 4.69) is 0 Å². The standard InChI is InChI=1S/C20H12Cl2N2O3S2/c1-27-19(26)16-10-15-17(25)23(13-6-2-11(21)3-7-13)20(28)24(18(15)29-16)14-8-4-12(22)5-9-14/h2-10H,1H3. The maximum atomic E-state index is 13.3. The molecular weight excluding hydrogens is 451 g/mol. The van der Waals surface area contributed by atoms with Crippen molar-refractivity contribution in [3.8, 4) is 11.4 Å². The van der Waals surface area contributed by atoms with E-state index in [-0.39, 0.29) is 10.3 Å². The molecule has 9 heteroatoms. The fraction of sp³-hybridized carbons (Fsp3) is 0.0500. The summed E-state index contributed by atoms with van der Waals surface area (Å²) in [5.74, 6) is -0.516. The molecule has 0 bridgehead atoms. The van der Waals surface area contributed by atoms with Crippen molar-refractivity contribution in [1.29, 1.82) is 0 Å². The van der Waals surface area contributed by atoms with E-state index in [1.54, 1.807) is 53.1 Å². The third-order valence-corrected chi connectivity index (χ3v) is 6.26. The molecule has 0 unspecified atom stereocenters. The second kappa shape index (κ2) is 7.76. The van der Waals surface area contributed by atoms with E-state index in [9.17, 15) is 9.59 Å². The number of fused-ring (bicyclic) bond motifs is 1. The Balaban J connectivity index is 2.13. The number of aromatic nitrogens is 2. The van der Waals surface area contributed by atoms with Crippen molar-refractivity contribution in [2.75, 3.05) is 7.11 Å². The molecule has 0 aliphatic rings. The first-order chi connectivity index (χ1) is 13.9. The Morgan fingerprint density at radius 1 is 0.966 bits per heavy atom. The fourth-order valence-electron chi connectivity index (χ4n) is 2.93. The zero-order valence-corrected chi connectivity index (χ0v) is 18.0. The van der Waals surface area contributed by atoms with Gasteiger partial charge < -0.3 is 4.74 Å². The van der Waals surface area contributed by atoms with Crippen molar-refractivity contribution >= 4 is 62.9 Å². The van der Waals surface area contributed by atoms with Gasteiger partial charge in [0, 0.05) is 15.7 Å². The molecule has 0 atom stereocenters. The maximum absolute atomic E-state index is 13.3. The SMILES string of the molecule is COC(=O)c1cc2c(=O)n(-c3ccc(Cl)cc3)c(=S)n(-c3ccc(Cl)cc3)c2s1. The van der Waals surface area contributed by atoms with Gasteiger partial charge in [-0.3, -0.25) is 13.9 Å². The van der Waals surface area contributed by atoms with E-state index in [0.717, 1.165) is 11.3 Å². The fourth-order valence-corrected chi connectivity index (χ4v) is 4.72. The van der Waals surface area contributed by atoms with Gasteiger partial charge in [0.25, 0.3) is 5.56 Å². The maximum Gasteiger partial charge on any atom is 0.348 e. The lowest BCUT2D eigenvalue weighted by atomic mass is 10.2. The molecule has 0 saturated carbocycles. The lowest BCUT2D eigenvalue weighted by molar-refractivity contribution is 0.0606. The molecule has 5 nitrogen and oxygen atoms in total. The monoisotopic (exact) mass is 462 g/mol. The van der Waals surface area contributed by atoms with Crippen LogP contribution in [0.3, 0.4) is 0 Å². The molecule has 0 aliphatic carbocycles. The second-order valence-electron chi connectivity index (χ2n) is 6.03. The number of esters is 1. The molecule has 2 aromatic carbocycles. The number of thiophene rings is 1. The smallest absolute Gasteiger partial charge is 0.348 e. The van der Waals surface area contributed by atoms with Crippen molar-refractivity contribution < 1.29 is 9.53 Å². The lowest BCUT2D eigenvalue weighted by Crippen LogP contribution is -2.23. The molecular formula is C20H12Cl2N2O3S2. The van der Waals surface area contributed by atoms with Crippen LogP contribution >= 0.6 is 46.8 Å². The highest BCUT2D eigenvalue weighted by Crippen LogP contribution is 2.28. The predicted octanol–water partition coefficient (Wildman–Crippen LogP) is 5.67. The summed E-state index contributed by atoms with van der Waals surface area (Å²) in [6.07, 6.45) is 0. The highest BCUT2D eigenvalue weighted by molar-refractivity contribution is 7.71. The Morgan fingerprint density at radius 2 is 1.48 bits per heavy atom. The third-order valence-electron chi connectivity index (χ3n) is 4.29. The van der Waals surface area contributed by atoms with Gasteiger partial charge in [-0.1, -0.05) is 23.2 Å². The second-order valence-corrected chi connectivity index (χ2v) is 8.30. The zero-order chi connectivity index (χ0) is 20.7. The Hall–Kier alpha value is -2.45. The molecule has 4 rings (SSSR count). The molecule has 0 fully saturated rings. The third kappa shape index (κ3) is 3.51. The summed E-state index contributed by atoms with van der Waals surface area (Å²) in [7, 11) is 1.30. The van der Waals surface area contributed by atoms with E-state index in [1.165, 1.54) is 17.7 Å². The molecule has 2 aromatic heterocycles. The summed E-state index contributed by atoms with van der Waals surface area (Å²) in [6.45, 7) is 0. The molecule has 0 amide bonds. The number of carbonyl (C=O) groups is 1. The quantitative estimate of drug-likeness (QED) is 0.290. The number of methoxy groups -OCH3 is 1. The van der Waals surface area contributed by atoms with Crippen LogP contribution in [0.25, 0.3) is 21.6 Å². The molecule has 29 heavy (non-hydrogen) atoms. The number of nitrogens with zero attached hydrogens (tertiary/aromatic N) is 2. The van der Waals surface area contributed by atoms with Gasteiger partial charge in [-0.25, -0.2) is 4.79 Å². The van der Waals surface area contributed by atoms with Gasteiger partial charge in [-0.05, 0) is 66.8 Å². The highest BCUT2D eigenvalue weighted by atomic mass is 35.5. The minimum Gasteiger partial charge on any atom is -0.465 e. The Labute approximate surface area is 184 Å². The van der Waals surface area contributed by atoms with E-state index >= 15 is 0 Å². The van der Waals surface area contributed by atoms with Crippen molar-refractivity contribution in [2.24, 2.45) is 0 Å². The average molecular weight is 463 g/mol. The van der Waals surface area contributed by atoms with Crippen LogP contribution in [-0.4, -0.2) is 22.2 Å². The summed E-state index contributed by atoms with van der Waals surface area (Å²) in [5.41, 5.74) is 0.953. The number of benzene rings is 2. The summed E-state index contributed by atoms with van der Waals surface area (Å²) >= 11 is 18.9. The molecule has 0 aliphatic heterocycles. The Kier molecular flexibility index (Phi) is 5.31. The molecule has 146 valence electrons. The van der Waals surface area contributed by atoms with Gasteiger partial charge in [0.1, 0.15) is 9.71 Å². The summed E-state index contributed by atoms with van der Waals surface area (Å²) in [4.78, 5) is 26.2. The predicted molar refractivity (Wildman–Crippen MR) is 119 cm³/mol. The number of hydrogen-bond acceptors (Lipinski definition) is 5. The van der Waals surface area contributed by atoms with Crippen LogP contribution < -0.4 is 5.56 Å². The van der Waals surface area contributed by atoms with Gasteiger partial charge in [0.2, 0.25) is 0 Å². The molecule has 0 N–H and O–H groups in total. The van der Waals surface area contributed by atoms with Gasteiger partial charge in [0.05, 0.1) is 18.2 Å². The first kappa shape index (κ1) is 19.8. The average Bonchev–Trinajstić information content (AvgIpc) is 3.15. The van der Waals surface area contributed by atoms with Gasteiger partial charge in [-0.15, -0.1) is 11.3 Å². The van der Waals surface area contributed by atoms with Crippen LogP contribution in [0, 0.1) is 4.77 Å². The van der Waals surface area contributed by atoms with Gasteiger partial charge >= 0.3 is 5.97 Å². The minimum absolute atomic E-state index is 0.255. The van der Waals surface area contributed by atoms with Crippen molar-refractivity contribution in [1.82, 2.24) is 9.13 Å². The summed E-state index contributed by atoms with van der Waals surface area (Å²) < 4.78 is 8.23. The lowest BCUT2D eigenvalue weighted by Gasteiger charge is -2.14. The molecule has 0 radical (unpaired) electrons. The van der Waals surface area contributed by atoms with Crippen molar-refractivity contribution in [2.45, 2.75) is 0 Å². The number of ether oxygens (including phenoxy) is 1. The van der Waals surface area contributed by atoms with Crippen molar-refractivity contribution in [3.63, 3.8) is 0 Å². The van der Waals surface area contributed by atoms with Crippen LogP contribution in [0.2, 0.25) is 10.0 Å². The number of carbonyl (C=O) groups excluding carboxylic acids is 1. The van der Waals surface area contributed by atoms with E-state index in [0.29, 0.717) is 36.5 Å². The van der Waals surface area contributed by atoms with Gasteiger partial charge in [0.15, 0.2) is 4.77 Å². The Bertz CT molecular complexity index is 1350. The zero-order valence-electron chi connectivity index (χ0n) is 14.9. The highest BCUT2D eigenvalue weighted by Gasteiger charge is 2.19. The van der Waals surface area contributed by atoms with Crippen LogP contribution in [0.4, 0.5) is 0 Å². The molecule has 2 heterocycles. The number of hydrogen-bond donors (Lipinski definition) is 0. The van der Waals surface area contributed by atoms with Crippen molar-refractivity contribution in [3.05, 3.63) is 84.6 Å². The number of rotatable bonds is 3. The van der Waals surface area contributed by atoms with Crippen LogP contribution in [0.5, 0.6) is 0 Å². The summed E-state index contributed by atoms with van der Waals surface area (Å²) in [5, 5.41) is 1.47. The normalized spacial score (nSPS) is 11.0. The first-order valence-corrected chi connectivity index (χ1v) is 10.3. The number of halogens is 2. The minimum atomic E-state index is -0.516. The first-order valence-electron chi connectivity index (χ1n) is 8.32. The van der Waals surface area contributed by atoms with E-state index < -0.39 is 5.97 Å². The summed E-state index contributed by atoms with van der Waals surface area (Å²) in [6, 6.07) is 15.4. The largest absolute Gasteiger partial charge is 0.465 e. The van der Waals surface area contributed by atoms with Gasteiger partial charge in [-0.2, -0.15) is 0 Å². The van der Waals surface area contributed by atoms with E-state index in [1.807, 2.05) is 0 Å². The molecule has 4 aromatic rings. The van der Waals surface area contributed by atoms with Crippen LogP contribution in [-0.2, 0) is 4.74 Å². The Morgan fingerprint density at radius 3 is 2.00 bits per heavy atom.